The number of amides is 1. The van der Waals surface area contributed by atoms with E-state index in [0.717, 1.165) is 17.8 Å². The Morgan fingerprint density at radius 1 is 1.58 bits per heavy atom. The number of H-pyrrole nitrogens is 1. The SMILES string of the molecule is Cc1ncsc1CCNC(=O)c1cc(C2CC2)[nH]n1. The zero-order valence-corrected chi connectivity index (χ0v) is 11.6. The van der Waals surface area contributed by atoms with Gasteiger partial charge in [-0.1, -0.05) is 0 Å². The molecule has 3 rings (SSSR count). The van der Waals surface area contributed by atoms with Gasteiger partial charge in [0.2, 0.25) is 0 Å². The summed E-state index contributed by atoms with van der Waals surface area (Å²) in [6.07, 6.45) is 3.23. The zero-order chi connectivity index (χ0) is 13.2. The molecule has 6 heteroatoms. The van der Waals surface area contributed by atoms with Gasteiger partial charge in [0.1, 0.15) is 5.69 Å². The van der Waals surface area contributed by atoms with Crippen LogP contribution in [-0.2, 0) is 6.42 Å². The lowest BCUT2D eigenvalue weighted by Gasteiger charge is -2.01. The fourth-order valence-corrected chi connectivity index (χ4v) is 2.78. The van der Waals surface area contributed by atoms with Crippen LogP contribution < -0.4 is 5.32 Å². The molecule has 0 unspecified atom stereocenters. The van der Waals surface area contributed by atoms with E-state index in [-0.39, 0.29) is 5.91 Å². The van der Waals surface area contributed by atoms with Gasteiger partial charge in [-0.2, -0.15) is 5.10 Å². The Morgan fingerprint density at radius 3 is 3.11 bits per heavy atom. The molecule has 1 amide bonds. The Kier molecular flexibility index (Phi) is 3.33. The van der Waals surface area contributed by atoms with Crippen molar-refractivity contribution in [3.8, 4) is 0 Å². The van der Waals surface area contributed by atoms with Crippen molar-refractivity contribution in [3.63, 3.8) is 0 Å². The fourth-order valence-electron chi connectivity index (χ4n) is 2.00. The van der Waals surface area contributed by atoms with Crippen molar-refractivity contribution in [2.24, 2.45) is 0 Å². The van der Waals surface area contributed by atoms with Crippen LogP contribution in [-0.4, -0.2) is 27.6 Å². The first kappa shape index (κ1) is 12.3. The van der Waals surface area contributed by atoms with Crippen molar-refractivity contribution < 1.29 is 4.79 Å². The number of carbonyl (C=O) groups is 1. The van der Waals surface area contributed by atoms with E-state index < -0.39 is 0 Å². The number of hydrogen-bond acceptors (Lipinski definition) is 4. The highest BCUT2D eigenvalue weighted by Crippen LogP contribution is 2.38. The average molecular weight is 276 g/mol. The van der Waals surface area contributed by atoms with Gasteiger partial charge in [-0.3, -0.25) is 9.89 Å². The lowest BCUT2D eigenvalue weighted by molar-refractivity contribution is 0.0949. The number of rotatable bonds is 5. The Morgan fingerprint density at radius 2 is 2.42 bits per heavy atom. The van der Waals surface area contributed by atoms with Crippen LogP contribution in [0.25, 0.3) is 0 Å². The Bertz CT molecular complexity index is 585. The molecule has 1 aliphatic carbocycles. The number of hydrogen-bond donors (Lipinski definition) is 2. The summed E-state index contributed by atoms with van der Waals surface area (Å²) in [5.74, 6) is 0.485. The molecule has 0 spiro atoms. The average Bonchev–Trinajstić information content (AvgIpc) is 2.99. The summed E-state index contributed by atoms with van der Waals surface area (Å²) in [6, 6.07) is 1.87. The maximum atomic E-state index is 11.9. The van der Waals surface area contributed by atoms with Crippen molar-refractivity contribution in [1.82, 2.24) is 20.5 Å². The minimum atomic E-state index is -0.106. The van der Waals surface area contributed by atoms with E-state index in [1.54, 1.807) is 11.3 Å². The van der Waals surface area contributed by atoms with Crippen molar-refractivity contribution in [1.29, 1.82) is 0 Å². The lowest BCUT2D eigenvalue weighted by Crippen LogP contribution is -2.25. The number of aromatic nitrogens is 3. The summed E-state index contributed by atoms with van der Waals surface area (Å²) in [6.45, 7) is 2.61. The standard InChI is InChI=1S/C13H16N4OS/c1-8-12(19-7-15-8)4-5-14-13(18)11-6-10(16-17-11)9-2-3-9/h6-7,9H,2-5H2,1H3,(H,14,18)(H,16,17). The topological polar surface area (TPSA) is 70.7 Å². The molecule has 2 aromatic heterocycles. The minimum Gasteiger partial charge on any atom is -0.350 e. The van der Waals surface area contributed by atoms with Gasteiger partial charge in [0.15, 0.2) is 0 Å². The largest absolute Gasteiger partial charge is 0.350 e. The second-order valence-electron chi connectivity index (χ2n) is 4.85. The number of aromatic amines is 1. The van der Waals surface area contributed by atoms with Gasteiger partial charge in [-0.15, -0.1) is 11.3 Å². The van der Waals surface area contributed by atoms with E-state index >= 15 is 0 Å². The van der Waals surface area contributed by atoms with Gasteiger partial charge in [-0.05, 0) is 25.8 Å². The number of nitrogens with zero attached hydrogens (tertiary/aromatic N) is 2. The second kappa shape index (κ2) is 5.13. The predicted octanol–water partition coefficient (Wildman–Crippen LogP) is 2.02. The predicted molar refractivity (Wildman–Crippen MR) is 73.5 cm³/mol. The molecule has 0 radical (unpaired) electrons. The maximum Gasteiger partial charge on any atom is 0.271 e. The van der Waals surface area contributed by atoms with Crippen molar-refractivity contribution in [2.45, 2.75) is 32.1 Å². The second-order valence-corrected chi connectivity index (χ2v) is 5.79. The van der Waals surface area contributed by atoms with E-state index in [9.17, 15) is 4.79 Å². The molecule has 1 saturated carbocycles. The summed E-state index contributed by atoms with van der Waals surface area (Å²) in [4.78, 5) is 17.3. The molecule has 0 saturated heterocycles. The quantitative estimate of drug-likeness (QED) is 0.877. The molecular formula is C13H16N4OS. The van der Waals surface area contributed by atoms with Crippen molar-refractivity contribution in [3.05, 3.63) is 33.5 Å². The monoisotopic (exact) mass is 276 g/mol. The first-order valence-corrected chi connectivity index (χ1v) is 7.34. The summed E-state index contributed by atoms with van der Waals surface area (Å²) < 4.78 is 0. The molecule has 2 N–H and O–H groups in total. The van der Waals surface area contributed by atoms with Crippen LogP contribution in [0.15, 0.2) is 11.6 Å². The lowest BCUT2D eigenvalue weighted by atomic mass is 10.2. The highest BCUT2D eigenvalue weighted by atomic mass is 32.1. The molecule has 0 aliphatic heterocycles. The smallest absolute Gasteiger partial charge is 0.271 e. The summed E-state index contributed by atoms with van der Waals surface area (Å²) >= 11 is 1.63. The van der Waals surface area contributed by atoms with E-state index in [4.69, 9.17) is 0 Å². The van der Waals surface area contributed by atoms with Gasteiger partial charge in [0.05, 0.1) is 11.2 Å². The van der Waals surface area contributed by atoms with E-state index in [1.807, 2.05) is 18.5 Å². The summed E-state index contributed by atoms with van der Waals surface area (Å²) in [7, 11) is 0. The molecule has 100 valence electrons. The van der Waals surface area contributed by atoms with Crippen LogP contribution in [0, 0.1) is 6.92 Å². The fraction of sp³-hybridized carbons (Fsp3) is 0.462. The van der Waals surface area contributed by atoms with Crippen LogP contribution in [0.1, 0.15) is 45.5 Å². The maximum absolute atomic E-state index is 11.9. The van der Waals surface area contributed by atoms with E-state index in [1.165, 1.54) is 17.7 Å². The van der Waals surface area contributed by atoms with E-state index in [0.29, 0.717) is 18.2 Å². The molecular weight excluding hydrogens is 260 g/mol. The number of thiazole rings is 1. The van der Waals surface area contributed by atoms with Crippen LogP contribution in [0.2, 0.25) is 0 Å². The molecule has 1 fully saturated rings. The summed E-state index contributed by atoms with van der Waals surface area (Å²) in [5, 5.41) is 9.90. The minimum absolute atomic E-state index is 0.106. The number of carbonyl (C=O) groups excluding carboxylic acids is 1. The number of nitrogens with one attached hydrogen (secondary N) is 2. The van der Waals surface area contributed by atoms with Crippen LogP contribution >= 0.6 is 11.3 Å². The van der Waals surface area contributed by atoms with Gasteiger partial charge >= 0.3 is 0 Å². The van der Waals surface area contributed by atoms with Crippen molar-refractivity contribution in [2.75, 3.05) is 6.54 Å². The molecule has 5 nitrogen and oxygen atoms in total. The highest BCUT2D eigenvalue weighted by molar-refractivity contribution is 7.09. The van der Waals surface area contributed by atoms with Gasteiger partial charge in [0, 0.05) is 29.5 Å². The summed E-state index contributed by atoms with van der Waals surface area (Å²) in [5.41, 5.74) is 4.46. The first-order chi connectivity index (χ1) is 9.24. The number of aryl methyl sites for hydroxylation is 1. The third-order valence-electron chi connectivity index (χ3n) is 3.33. The molecule has 0 bridgehead atoms. The Hall–Kier alpha value is -1.69. The molecule has 2 aromatic rings. The Labute approximate surface area is 115 Å². The molecule has 2 heterocycles. The highest BCUT2D eigenvalue weighted by Gasteiger charge is 2.26. The molecule has 0 aromatic carbocycles. The third kappa shape index (κ3) is 2.84. The molecule has 0 atom stereocenters. The molecule has 1 aliphatic rings. The van der Waals surface area contributed by atoms with Gasteiger partial charge in [0.25, 0.3) is 5.91 Å². The molecule has 19 heavy (non-hydrogen) atoms. The zero-order valence-electron chi connectivity index (χ0n) is 10.8. The normalized spacial score (nSPS) is 14.6. The van der Waals surface area contributed by atoms with Crippen LogP contribution in [0.4, 0.5) is 0 Å². The van der Waals surface area contributed by atoms with Gasteiger partial charge in [-0.25, -0.2) is 4.98 Å². The van der Waals surface area contributed by atoms with Crippen LogP contribution in [0.3, 0.4) is 0 Å². The van der Waals surface area contributed by atoms with E-state index in [2.05, 4.69) is 20.5 Å². The van der Waals surface area contributed by atoms with Gasteiger partial charge < -0.3 is 5.32 Å². The van der Waals surface area contributed by atoms with Crippen LogP contribution in [0.5, 0.6) is 0 Å². The third-order valence-corrected chi connectivity index (χ3v) is 4.32. The van der Waals surface area contributed by atoms with Crippen molar-refractivity contribution >= 4 is 17.2 Å². The Balaban J connectivity index is 1.51. The first-order valence-electron chi connectivity index (χ1n) is 6.46.